The first-order valence-electron chi connectivity index (χ1n) is 12.3. The molecule has 2 aliphatic rings. The number of carbonyl (C=O) groups excluding carboxylic acids is 3. The van der Waals surface area contributed by atoms with E-state index in [4.69, 9.17) is 15.2 Å². The molecule has 0 aromatic heterocycles. The molecule has 1 aromatic carbocycles. The second-order valence-electron chi connectivity index (χ2n) is 8.32. The number of allylic oxidation sites excluding steroid dienone is 1. The highest BCUT2D eigenvalue weighted by Gasteiger charge is 2.42. The van der Waals surface area contributed by atoms with E-state index in [0.717, 1.165) is 36.8 Å². The van der Waals surface area contributed by atoms with Crippen LogP contribution in [-0.2, 0) is 31.9 Å². The number of benzene rings is 1. The number of amides is 2. The van der Waals surface area contributed by atoms with Gasteiger partial charge in [0, 0.05) is 19.0 Å². The summed E-state index contributed by atoms with van der Waals surface area (Å²) in [5.74, 6) is -1.02. The third-order valence-corrected chi connectivity index (χ3v) is 6.00. The topological polar surface area (TPSA) is 111 Å². The summed E-state index contributed by atoms with van der Waals surface area (Å²) >= 11 is 0. The van der Waals surface area contributed by atoms with Gasteiger partial charge in [0.25, 0.3) is 0 Å². The summed E-state index contributed by atoms with van der Waals surface area (Å²) in [4.78, 5) is 39.3. The molecule has 1 aromatic rings. The van der Waals surface area contributed by atoms with E-state index in [0.29, 0.717) is 19.6 Å². The number of hydrogen-bond donors (Lipinski definition) is 2. The number of aryl methyl sites for hydroxylation is 1. The fourth-order valence-electron chi connectivity index (χ4n) is 4.18. The summed E-state index contributed by atoms with van der Waals surface area (Å²) in [5.41, 5.74) is 9.45. The van der Waals surface area contributed by atoms with Crippen LogP contribution in [0.15, 0.2) is 24.3 Å². The van der Waals surface area contributed by atoms with Crippen LogP contribution in [0.1, 0.15) is 63.1 Å². The Morgan fingerprint density at radius 3 is 2.74 bits per heavy atom. The van der Waals surface area contributed by atoms with Crippen LogP contribution in [-0.4, -0.2) is 61.3 Å². The van der Waals surface area contributed by atoms with Crippen LogP contribution >= 0.6 is 0 Å². The van der Waals surface area contributed by atoms with Crippen molar-refractivity contribution < 1.29 is 23.9 Å². The fraction of sp³-hybridized carbons (Fsp3) is 0.577. The summed E-state index contributed by atoms with van der Waals surface area (Å²) in [6.07, 6.45) is 8.08. The lowest BCUT2D eigenvalue weighted by Gasteiger charge is -2.27. The summed E-state index contributed by atoms with van der Waals surface area (Å²) in [6.45, 7) is 6.64. The highest BCUT2D eigenvalue weighted by molar-refractivity contribution is 5.90. The molecular weight excluding hydrogens is 434 g/mol. The van der Waals surface area contributed by atoms with Crippen LogP contribution in [0.5, 0.6) is 0 Å². The maximum Gasteiger partial charge on any atom is 0.410 e. The van der Waals surface area contributed by atoms with E-state index >= 15 is 0 Å². The second kappa shape index (κ2) is 13.7. The molecule has 8 heteroatoms. The van der Waals surface area contributed by atoms with Gasteiger partial charge in [-0.05, 0) is 42.4 Å². The van der Waals surface area contributed by atoms with E-state index in [9.17, 15) is 14.4 Å². The number of hydrogen-bond acceptors (Lipinski definition) is 6. The number of ether oxygens (including phenoxy) is 2. The zero-order chi connectivity index (χ0) is 25.1. The monoisotopic (exact) mass is 473 g/mol. The van der Waals surface area contributed by atoms with Crippen molar-refractivity contribution in [3.05, 3.63) is 41.0 Å². The van der Waals surface area contributed by atoms with Gasteiger partial charge in [0.05, 0.1) is 13.7 Å². The Morgan fingerprint density at radius 1 is 1.26 bits per heavy atom. The molecule has 0 saturated carbocycles. The van der Waals surface area contributed by atoms with E-state index in [2.05, 4.69) is 23.5 Å². The molecule has 3 N–H and O–H groups in total. The van der Waals surface area contributed by atoms with Crippen molar-refractivity contribution in [1.29, 1.82) is 0 Å². The Bertz CT molecular complexity index is 870. The van der Waals surface area contributed by atoms with Crippen molar-refractivity contribution in [3.8, 4) is 0 Å². The van der Waals surface area contributed by atoms with E-state index in [1.54, 1.807) is 0 Å². The van der Waals surface area contributed by atoms with Gasteiger partial charge in [-0.2, -0.15) is 0 Å². The summed E-state index contributed by atoms with van der Waals surface area (Å²) in [7, 11) is 1.29. The fourth-order valence-corrected chi connectivity index (χ4v) is 4.18. The molecule has 1 fully saturated rings. The minimum absolute atomic E-state index is 0.280. The summed E-state index contributed by atoms with van der Waals surface area (Å²) < 4.78 is 10.2. The number of carbonyl (C=O) groups is 3. The first kappa shape index (κ1) is 27.4. The molecule has 0 radical (unpaired) electrons. The van der Waals surface area contributed by atoms with Crippen molar-refractivity contribution in [2.45, 2.75) is 77.4 Å². The third kappa shape index (κ3) is 7.06. The molecule has 1 saturated heterocycles. The number of unbranched alkanes of at least 4 members (excludes halogenated alkanes) is 1. The van der Waals surface area contributed by atoms with Gasteiger partial charge in [-0.3, -0.25) is 9.69 Å². The first-order chi connectivity index (χ1) is 16.4. The van der Waals surface area contributed by atoms with E-state index in [1.165, 1.54) is 17.6 Å². The predicted molar refractivity (Wildman–Crippen MR) is 132 cm³/mol. The third-order valence-electron chi connectivity index (χ3n) is 6.00. The number of rotatable bonds is 8. The maximum atomic E-state index is 13.1. The smallest absolute Gasteiger partial charge is 0.410 e. The summed E-state index contributed by atoms with van der Waals surface area (Å²) in [6, 6.07) is 3.77. The van der Waals surface area contributed by atoms with Crippen molar-refractivity contribution in [1.82, 2.24) is 10.2 Å². The molecule has 188 valence electrons. The number of nitrogens with zero attached hydrogens (tertiary/aromatic N) is 1. The zero-order valence-corrected chi connectivity index (χ0v) is 20.8. The Morgan fingerprint density at radius 2 is 2.03 bits per heavy atom. The number of nitrogens with one attached hydrogen (secondary N) is 1. The molecule has 2 amide bonds. The van der Waals surface area contributed by atoms with E-state index < -0.39 is 36.1 Å². The van der Waals surface area contributed by atoms with E-state index in [-0.39, 0.29) is 6.42 Å². The average molecular weight is 474 g/mol. The maximum absolute atomic E-state index is 13.1. The Balaban J connectivity index is 0.00000199. The molecule has 1 heterocycles. The minimum atomic E-state index is -0.886. The van der Waals surface area contributed by atoms with Gasteiger partial charge in [-0.15, -0.1) is 0 Å². The van der Waals surface area contributed by atoms with Crippen molar-refractivity contribution >= 4 is 24.0 Å². The van der Waals surface area contributed by atoms with Crippen LogP contribution in [0.3, 0.4) is 0 Å². The number of methoxy groups -OCH3 is 1. The molecule has 1 aliphatic carbocycles. The van der Waals surface area contributed by atoms with Crippen LogP contribution in [0, 0.1) is 0 Å². The van der Waals surface area contributed by atoms with Crippen LogP contribution in [0.25, 0.3) is 6.08 Å². The predicted octanol–water partition coefficient (Wildman–Crippen LogP) is 3.21. The number of fused-ring (bicyclic) bond motifs is 1. The summed E-state index contributed by atoms with van der Waals surface area (Å²) in [5, 5.41) is 2.76. The highest BCUT2D eigenvalue weighted by atomic mass is 16.6. The van der Waals surface area contributed by atoms with Gasteiger partial charge in [0.15, 0.2) is 0 Å². The van der Waals surface area contributed by atoms with Gasteiger partial charge < -0.3 is 20.5 Å². The SMILES string of the molecule is CC.CCCCOC(=O)N1CCC(N)C1C(=O)NC(Cc1ccc2c(c1)C=CCC2)C(=O)OC. The minimum Gasteiger partial charge on any atom is -0.467 e. The molecule has 3 unspecified atom stereocenters. The van der Waals surface area contributed by atoms with Gasteiger partial charge in [0.2, 0.25) is 5.91 Å². The van der Waals surface area contributed by atoms with Gasteiger partial charge in [-0.1, -0.05) is 57.5 Å². The van der Waals surface area contributed by atoms with Crippen LogP contribution in [0.2, 0.25) is 0 Å². The molecule has 0 bridgehead atoms. The number of nitrogens with two attached hydrogens (primary N) is 1. The van der Waals surface area contributed by atoms with Crippen LogP contribution < -0.4 is 11.1 Å². The molecule has 1 aliphatic heterocycles. The van der Waals surface area contributed by atoms with Crippen molar-refractivity contribution in [2.75, 3.05) is 20.3 Å². The lowest BCUT2D eigenvalue weighted by Crippen LogP contribution is -2.56. The molecule has 0 spiro atoms. The van der Waals surface area contributed by atoms with Gasteiger partial charge in [-0.25, -0.2) is 9.59 Å². The molecule has 3 atom stereocenters. The van der Waals surface area contributed by atoms with Crippen molar-refractivity contribution in [3.63, 3.8) is 0 Å². The Kier molecular flexibility index (Phi) is 11.1. The first-order valence-corrected chi connectivity index (χ1v) is 12.3. The average Bonchev–Trinajstić information content (AvgIpc) is 3.26. The van der Waals surface area contributed by atoms with Crippen molar-refractivity contribution in [2.24, 2.45) is 5.73 Å². The zero-order valence-electron chi connectivity index (χ0n) is 20.8. The highest BCUT2D eigenvalue weighted by Crippen LogP contribution is 2.22. The van der Waals surface area contributed by atoms with Gasteiger partial charge in [0.1, 0.15) is 12.1 Å². The lowest BCUT2D eigenvalue weighted by molar-refractivity contribution is -0.145. The Labute approximate surface area is 202 Å². The number of esters is 1. The largest absolute Gasteiger partial charge is 0.467 e. The molecule has 8 nitrogen and oxygen atoms in total. The number of likely N-dealkylation sites (tertiary alicyclic amines) is 1. The standard InChI is InChI=1S/C24H33N3O5.C2H6/c1-3-4-13-32-24(30)27-12-11-19(25)21(27)22(28)26-20(23(29)31-2)15-16-9-10-17-7-5-6-8-18(17)14-16;1-2/h6,8-10,14,19-21H,3-5,7,11-13,15,25H2,1-2H3,(H,26,28);1-2H3. The van der Waals surface area contributed by atoms with Gasteiger partial charge >= 0.3 is 12.1 Å². The lowest BCUT2D eigenvalue weighted by atomic mass is 9.93. The quantitative estimate of drug-likeness (QED) is 0.443. The van der Waals surface area contributed by atoms with E-state index in [1.807, 2.05) is 32.9 Å². The second-order valence-corrected chi connectivity index (χ2v) is 8.32. The Hall–Kier alpha value is -2.87. The molecule has 34 heavy (non-hydrogen) atoms. The molecule has 3 rings (SSSR count). The normalized spacial score (nSPS) is 19.4. The molecular formula is C26H39N3O5. The van der Waals surface area contributed by atoms with Crippen LogP contribution in [0.4, 0.5) is 4.79 Å².